The number of benzene rings is 3. The van der Waals surface area contributed by atoms with Gasteiger partial charge in [0.2, 0.25) is 17.8 Å². The van der Waals surface area contributed by atoms with E-state index in [9.17, 15) is 73.1 Å². The number of ether oxygens (including phenoxy) is 6. The third-order valence-corrected chi connectivity index (χ3v) is 31.4. The van der Waals surface area contributed by atoms with Gasteiger partial charge in [-0.15, -0.1) is 0 Å². The molecule has 612 valence electrons. The highest BCUT2D eigenvalue weighted by molar-refractivity contribution is 8.57. The fourth-order valence-corrected chi connectivity index (χ4v) is 24.7. The predicted octanol–water partition coefficient (Wildman–Crippen LogP) is 2.54. The highest BCUT2D eigenvalue weighted by Crippen LogP contribution is 2.63. The van der Waals surface area contributed by atoms with E-state index < -0.39 is 163 Å². The normalized spacial score (nSPS) is 32.0. The van der Waals surface area contributed by atoms with Crippen LogP contribution in [0.25, 0.3) is 33.5 Å². The molecular formula is C66H81N18O24P3S3. The third-order valence-electron chi connectivity index (χ3n) is 19.3. The highest BCUT2D eigenvalue weighted by Gasteiger charge is 2.58. The summed E-state index contributed by atoms with van der Waals surface area (Å²) in [6, 6.07) is 25.1. The van der Waals surface area contributed by atoms with Crippen molar-refractivity contribution < 1.29 is 101 Å². The second-order valence-electron chi connectivity index (χ2n) is 27.7. The largest absolute Gasteiger partial charge is 0.457 e. The van der Waals surface area contributed by atoms with Crippen molar-refractivity contribution >= 4 is 124 Å². The van der Waals surface area contributed by atoms with E-state index in [1.165, 1.54) is 53.5 Å². The zero-order chi connectivity index (χ0) is 81.7. The van der Waals surface area contributed by atoms with E-state index in [0.29, 0.717) is 0 Å². The summed E-state index contributed by atoms with van der Waals surface area (Å²) in [4.78, 5) is 105. The molecule has 12 heterocycles. The number of esters is 3. The van der Waals surface area contributed by atoms with Gasteiger partial charge in [0.25, 0.3) is 16.7 Å². The van der Waals surface area contributed by atoms with Crippen molar-refractivity contribution in [2.45, 2.75) is 150 Å². The van der Waals surface area contributed by atoms with Crippen molar-refractivity contribution in [3.05, 3.63) is 158 Å². The number of nitrogens with zero attached hydrogens (tertiary/aromatic N) is 9. The molecular weight excluding hydrogens is 1620 g/mol. The van der Waals surface area contributed by atoms with Gasteiger partial charge in [-0.1, -0.05) is 125 Å². The van der Waals surface area contributed by atoms with Gasteiger partial charge in [0, 0.05) is 17.3 Å². The summed E-state index contributed by atoms with van der Waals surface area (Å²) >= 11 is 2.81. The van der Waals surface area contributed by atoms with Gasteiger partial charge in [-0.05, 0) is 58.2 Å². The van der Waals surface area contributed by atoms with Gasteiger partial charge in [-0.2, -0.15) is 15.0 Å². The number of carbonyl (C=O) groups is 3. The number of hydrogen-bond donors (Lipinski definition) is 15. The van der Waals surface area contributed by atoms with Gasteiger partial charge in [0.1, 0.15) is 89.9 Å². The quantitative estimate of drug-likeness (QED) is 0.0279. The molecule has 6 aliphatic rings. The molecule has 6 saturated heterocycles. The number of fused-ring (bicyclic) bond motifs is 3. The number of anilines is 3. The fourth-order valence-electron chi connectivity index (χ4n) is 13.0. The second kappa shape index (κ2) is 33.3. The van der Waals surface area contributed by atoms with Crippen LogP contribution in [0.4, 0.5) is 17.8 Å². The number of hydrogen-bond acceptors (Lipinski definition) is 36. The van der Waals surface area contributed by atoms with Gasteiger partial charge in [-0.3, -0.25) is 71.1 Å². The maximum Gasteiger partial charge on any atom is 0.327 e. The molecule has 0 amide bonds. The minimum atomic E-state index is -3.55. The minimum absolute atomic E-state index is 0.0247. The molecule has 7 unspecified atom stereocenters. The van der Waals surface area contributed by atoms with Crippen LogP contribution in [0, 0.1) is 0 Å². The fraction of sp³-hybridized carbons (Fsp3) is 0.455. The van der Waals surface area contributed by atoms with E-state index >= 15 is 0 Å². The highest BCUT2D eigenvalue weighted by atomic mass is 32.7. The number of H-pyrrole nitrogens is 3. The Balaban J connectivity index is 0.000000149. The van der Waals surface area contributed by atoms with E-state index in [2.05, 4.69) is 60.1 Å². The Morgan fingerprint density at radius 1 is 0.474 bits per heavy atom. The summed E-state index contributed by atoms with van der Waals surface area (Å²) in [6.07, 6.45) is -9.09. The summed E-state index contributed by atoms with van der Waals surface area (Å²) < 4.78 is 94.4. The maximum absolute atomic E-state index is 13.2. The zero-order valence-electron chi connectivity index (χ0n) is 61.2. The van der Waals surface area contributed by atoms with Crippen molar-refractivity contribution in [2.24, 2.45) is 0 Å². The first-order chi connectivity index (χ1) is 53.9. The van der Waals surface area contributed by atoms with Crippen molar-refractivity contribution in [1.29, 1.82) is 0 Å². The first-order valence-corrected chi connectivity index (χ1v) is 44.7. The van der Waals surface area contributed by atoms with Crippen molar-refractivity contribution in [3.63, 3.8) is 0 Å². The molecule has 6 aliphatic heterocycles. The van der Waals surface area contributed by atoms with Gasteiger partial charge in [0.05, 0.1) is 38.8 Å². The Hall–Kier alpha value is -8.34. The van der Waals surface area contributed by atoms with Gasteiger partial charge >= 0.3 is 38.1 Å². The lowest BCUT2D eigenvalue weighted by Gasteiger charge is -2.27. The third kappa shape index (κ3) is 17.5. The van der Waals surface area contributed by atoms with Crippen LogP contribution in [0.3, 0.4) is 0 Å². The molecule has 0 bridgehead atoms. The topological polar surface area (TPSA) is 612 Å². The maximum atomic E-state index is 13.2. The lowest BCUT2D eigenvalue weighted by atomic mass is 9.96. The molecule has 0 aliphatic carbocycles. The molecule has 6 fully saturated rings. The number of rotatable bonds is 21. The molecule has 18 N–H and O–H groups in total. The average Bonchev–Trinajstić information content (AvgIpc) is 1.60. The standard InChI is InChI=1S/3C22H27N6O8PS/c3*1-11(12-6-4-3-5-7-12)35-19(31)13-9-38-37(33,27-13)34-8-14-16(29)22(2,32)20(36-14)28-10-24-15-17(28)25-21(23)26-18(15)30/h3*3-7,10-11,13-14,16,20,29,32H,8-9H2,1-2H3,(H,27,33)(H3,23,25,26,30)/t11-,13?,14?,16+,20+,22+,37?;11-,13?,14?,16+,20+,22+,37+;11-,13?,14?,16+,20+,22+,37-/m000/s1. The molecule has 21 atom stereocenters. The number of nitrogen functional groups attached to an aromatic ring is 3. The number of aromatic amines is 3. The van der Waals surface area contributed by atoms with Crippen LogP contribution in [0.2, 0.25) is 0 Å². The molecule has 42 nitrogen and oxygen atoms in total. The average molecular weight is 1700 g/mol. The number of nitrogens with two attached hydrogens (primary N) is 3. The summed E-state index contributed by atoms with van der Waals surface area (Å²) in [5, 5.41) is 73.6. The first kappa shape index (κ1) is 83.6. The van der Waals surface area contributed by atoms with Crippen LogP contribution in [0.5, 0.6) is 0 Å². The second-order valence-corrected chi connectivity index (χ2v) is 40.7. The Bertz CT molecular complexity index is 4860. The molecule has 0 saturated carbocycles. The number of aliphatic hydroxyl groups is 6. The lowest BCUT2D eigenvalue weighted by Crippen LogP contribution is -2.44. The monoisotopic (exact) mass is 1700 g/mol. The van der Waals surface area contributed by atoms with Crippen LogP contribution in [0.1, 0.15) is 95.2 Å². The Labute approximate surface area is 656 Å². The molecule has 48 heteroatoms. The first-order valence-electron chi connectivity index (χ1n) is 35.1. The van der Waals surface area contributed by atoms with Crippen LogP contribution < -0.4 is 49.1 Å². The summed E-state index contributed by atoms with van der Waals surface area (Å²) in [7, 11) is 0. The zero-order valence-corrected chi connectivity index (χ0v) is 66.3. The minimum Gasteiger partial charge on any atom is -0.457 e. The molecule has 9 aromatic rings. The number of carbonyl (C=O) groups excluding carboxylic acids is 3. The van der Waals surface area contributed by atoms with Gasteiger partial charge in [-0.25, -0.2) is 30.2 Å². The van der Waals surface area contributed by atoms with Crippen molar-refractivity contribution in [1.82, 2.24) is 73.8 Å². The van der Waals surface area contributed by atoms with Crippen LogP contribution in [-0.4, -0.2) is 216 Å². The summed E-state index contributed by atoms with van der Waals surface area (Å²) in [5.41, 5.74) is 12.2. The molecule has 15 rings (SSSR count). The van der Waals surface area contributed by atoms with E-state index in [0.717, 1.165) is 50.8 Å². The van der Waals surface area contributed by atoms with Crippen molar-refractivity contribution in [3.8, 4) is 0 Å². The van der Waals surface area contributed by atoms with E-state index in [1.807, 2.05) is 91.0 Å². The van der Waals surface area contributed by atoms with Crippen LogP contribution >= 0.6 is 54.3 Å². The molecule has 0 spiro atoms. The molecule has 0 radical (unpaired) electrons. The van der Waals surface area contributed by atoms with Crippen LogP contribution in [0.15, 0.2) is 124 Å². The molecule has 114 heavy (non-hydrogen) atoms. The molecule has 6 aromatic heterocycles. The van der Waals surface area contributed by atoms with E-state index in [1.54, 1.807) is 20.8 Å². The van der Waals surface area contributed by atoms with E-state index in [-0.39, 0.29) is 88.4 Å². The number of imidazole rings is 3. The lowest BCUT2D eigenvalue weighted by molar-refractivity contribution is -0.150. The summed E-state index contributed by atoms with van der Waals surface area (Å²) in [5.74, 6) is -1.68. The van der Waals surface area contributed by atoms with Crippen LogP contribution in [-0.2, 0) is 70.1 Å². The number of aromatic nitrogens is 12. The van der Waals surface area contributed by atoms with Gasteiger partial charge < -0.3 is 89.8 Å². The van der Waals surface area contributed by atoms with Gasteiger partial charge in [0.15, 0.2) is 52.2 Å². The summed E-state index contributed by atoms with van der Waals surface area (Å²) in [6.45, 7) is -2.48. The Morgan fingerprint density at radius 2 is 0.719 bits per heavy atom. The SMILES string of the molecule is C[C@H](OC(=O)C1CSP(=O)(OCC2O[C@@H](n3cnc4c(=O)[nH]c(N)nc43)[C@](C)(O)[C@@H]2O)N1)c1ccccc1.C[C@H](OC(=O)C1CS[P@@](=O)(OCC2O[C@@H](n3cnc4c(=O)[nH]c(N)nc43)[C@](C)(O)[C@@H]2O)N1)c1ccccc1.C[C@H](OC(=O)C1CS[P@](=O)(OCC2O[C@@H](n3cnc4c(=O)[nH]c(N)nc43)[C@](C)(O)[C@@H]2O)N1)c1ccccc1. The Morgan fingerprint density at radius 3 is 0.965 bits per heavy atom. The van der Waals surface area contributed by atoms with Crippen molar-refractivity contribution in [2.75, 3.05) is 54.3 Å². The Kier molecular flexibility index (Phi) is 24.5. The molecule has 3 aromatic carbocycles. The predicted molar refractivity (Wildman–Crippen MR) is 411 cm³/mol. The number of aliphatic hydroxyl groups excluding tert-OH is 3. The number of nitrogens with one attached hydrogen (secondary N) is 6. The van der Waals surface area contributed by atoms with E-state index in [4.69, 9.17) is 59.2 Å². The smallest absolute Gasteiger partial charge is 0.327 e.